The van der Waals surface area contributed by atoms with Crippen molar-refractivity contribution in [3.8, 4) is 0 Å². The number of fused-ring (bicyclic) bond motifs is 1. The van der Waals surface area contributed by atoms with E-state index in [0.29, 0.717) is 38.2 Å². The number of hydrogen-bond donors (Lipinski definition) is 2. The molecule has 0 bridgehead atoms. The van der Waals surface area contributed by atoms with Gasteiger partial charge in [0.1, 0.15) is 0 Å². The molecule has 0 fully saturated rings. The van der Waals surface area contributed by atoms with E-state index >= 15 is 0 Å². The molecule has 0 aromatic heterocycles. The van der Waals surface area contributed by atoms with Gasteiger partial charge in [-0.15, -0.1) is 0 Å². The molecule has 2 unspecified atom stereocenters. The number of hydrogen-bond acceptors (Lipinski definition) is 6. The fourth-order valence-electron chi connectivity index (χ4n) is 2.68. The SMILES string of the molecule is CC.CC.COC(=O)C(O)C1CCCCOCCOCc2ccccc2C(=O)N1. The van der Waals surface area contributed by atoms with Gasteiger partial charge < -0.3 is 24.6 Å². The molecule has 1 aliphatic rings. The molecular formula is C22H37NO6. The molecular weight excluding hydrogens is 374 g/mol. The molecule has 0 saturated heterocycles. The maximum Gasteiger partial charge on any atom is 0.336 e. The molecule has 2 rings (SSSR count). The number of aliphatic hydroxyl groups is 1. The molecule has 7 heteroatoms. The number of methoxy groups -OCH3 is 1. The lowest BCUT2D eigenvalue weighted by atomic mass is 10.0. The van der Waals surface area contributed by atoms with Gasteiger partial charge in [-0.25, -0.2) is 4.79 Å². The Balaban J connectivity index is 0.00000184. The van der Waals surface area contributed by atoms with Gasteiger partial charge in [0.2, 0.25) is 0 Å². The smallest absolute Gasteiger partial charge is 0.336 e. The van der Waals surface area contributed by atoms with Crippen LogP contribution < -0.4 is 5.32 Å². The van der Waals surface area contributed by atoms with Crippen LogP contribution in [-0.2, 0) is 25.6 Å². The Morgan fingerprint density at radius 2 is 1.76 bits per heavy atom. The zero-order valence-corrected chi connectivity index (χ0v) is 18.4. The normalized spacial score (nSPS) is 18.8. The first kappa shape index (κ1) is 27.0. The van der Waals surface area contributed by atoms with Gasteiger partial charge in [0.25, 0.3) is 5.91 Å². The Kier molecular flexibility index (Phi) is 15.8. The Hall–Kier alpha value is -1.96. The lowest BCUT2D eigenvalue weighted by Gasteiger charge is -2.23. The molecule has 0 aliphatic carbocycles. The average molecular weight is 412 g/mol. The van der Waals surface area contributed by atoms with Crippen LogP contribution in [0.5, 0.6) is 0 Å². The quantitative estimate of drug-likeness (QED) is 0.727. The first-order valence-corrected chi connectivity index (χ1v) is 10.4. The Labute approximate surface area is 174 Å². The summed E-state index contributed by atoms with van der Waals surface area (Å²) in [6, 6.07) is 6.37. The van der Waals surface area contributed by atoms with Gasteiger partial charge in [-0.2, -0.15) is 0 Å². The molecule has 2 N–H and O–H groups in total. The van der Waals surface area contributed by atoms with Crippen LogP contribution in [0.3, 0.4) is 0 Å². The first-order valence-electron chi connectivity index (χ1n) is 10.4. The highest BCUT2D eigenvalue weighted by molar-refractivity contribution is 5.96. The molecule has 0 radical (unpaired) electrons. The van der Waals surface area contributed by atoms with Crippen molar-refractivity contribution in [3.63, 3.8) is 0 Å². The zero-order chi connectivity index (χ0) is 22.1. The number of esters is 1. The Bertz CT molecular complexity index is 578. The molecule has 166 valence electrons. The number of rotatable bonds is 2. The number of nitrogens with one attached hydrogen (secondary N) is 1. The third-order valence-corrected chi connectivity index (χ3v) is 4.09. The number of ether oxygens (including phenoxy) is 3. The van der Waals surface area contributed by atoms with Gasteiger partial charge in [-0.05, 0) is 30.9 Å². The van der Waals surface area contributed by atoms with Gasteiger partial charge >= 0.3 is 5.97 Å². The third-order valence-electron chi connectivity index (χ3n) is 4.09. The summed E-state index contributed by atoms with van der Waals surface area (Å²) in [5.41, 5.74) is 1.20. The maximum atomic E-state index is 12.6. The van der Waals surface area contributed by atoms with Crippen molar-refractivity contribution in [2.24, 2.45) is 0 Å². The molecule has 1 amide bonds. The zero-order valence-electron chi connectivity index (χ0n) is 18.4. The second-order valence-corrected chi connectivity index (χ2v) is 5.87. The molecule has 29 heavy (non-hydrogen) atoms. The topological polar surface area (TPSA) is 94.1 Å². The maximum absolute atomic E-state index is 12.6. The van der Waals surface area contributed by atoms with Crippen LogP contribution in [0.4, 0.5) is 0 Å². The second-order valence-electron chi connectivity index (χ2n) is 5.87. The van der Waals surface area contributed by atoms with E-state index in [1.807, 2.05) is 39.8 Å². The van der Waals surface area contributed by atoms with E-state index in [1.54, 1.807) is 12.1 Å². The van der Waals surface area contributed by atoms with Crippen molar-refractivity contribution < 1.29 is 28.9 Å². The van der Waals surface area contributed by atoms with E-state index in [-0.39, 0.29) is 12.5 Å². The molecule has 1 aromatic rings. The van der Waals surface area contributed by atoms with Crippen LogP contribution in [0.1, 0.15) is 62.9 Å². The van der Waals surface area contributed by atoms with Gasteiger partial charge in [-0.3, -0.25) is 4.79 Å². The summed E-state index contributed by atoms with van der Waals surface area (Å²) >= 11 is 0. The third kappa shape index (κ3) is 9.87. The summed E-state index contributed by atoms with van der Waals surface area (Å²) in [6.07, 6.45) is 0.494. The van der Waals surface area contributed by atoms with E-state index in [9.17, 15) is 14.7 Å². The minimum Gasteiger partial charge on any atom is -0.467 e. The number of carbonyl (C=O) groups is 2. The predicted molar refractivity (Wildman–Crippen MR) is 113 cm³/mol. The Morgan fingerprint density at radius 1 is 1.10 bits per heavy atom. The van der Waals surface area contributed by atoms with Crippen molar-refractivity contribution in [3.05, 3.63) is 35.4 Å². The number of amides is 1. The van der Waals surface area contributed by atoms with Crippen molar-refractivity contribution in [1.82, 2.24) is 5.32 Å². The monoisotopic (exact) mass is 411 g/mol. The summed E-state index contributed by atoms with van der Waals surface area (Å²) in [4.78, 5) is 24.3. The first-order chi connectivity index (χ1) is 14.1. The summed E-state index contributed by atoms with van der Waals surface area (Å²) in [7, 11) is 1.21. The molecule has 2 atom stereocenters. The number of aliphatic hydroxyl groups excluding tert-OH is 1. The lowest BCUT2D eigenvalue weighted by molar-refractivity contribution is -0.151. The highest BCUT2D eigenvalue weighted by atomic mass is 16.5. The molecule has 0 spiro atoms. The van der Waals surface area contributed by atoms with Gasteiger partial charge in [0, 0.05) is 12.2 Å². The van der Waals surface area contributed by atoms with E-state index in [2.05, 4.69) is 10.1 Å². The van der Waals surface area contributed by atoms with Crippen molar-refractivity contribution in [2.75, 3.05) is 26.9 Å². The highest BCUT2D eigenvalue weighted by Gasteiger charge is 2.28. The molecule has 1 aliphatic heterocycles. The lowest BCUT2D eigenvalue weighted by Crippen LogP contribution is -2.47. The fraction of sp³-hybridized carbons (Fsp3) is 0.636. The van der Waals surface area contributed by atoms with Crippen LogP contribution in [0.2, 0.25) is 0 Å². The van der Waals surface area contributed by atoms with Gasteiger partial charge in [0.15, 0.2) is 6.10 Å². The van der Waals surface area contributed by atoms with Gasteiger partial charge in [-0.1, -0.05) is 45.9 Å². The standard InChI is InChI=1S/C18H25NO6.2C2H6/c1-23-18(22)16(20)15-8-4-5-9-24-10-11-25-12-13-6-2-3-7-14(13)17(21)19-15;2*1-2/h2-3,6-7,15-16,20H,4-5,8-12H2,1H3,(H,19,21);2*1-2H3. The summed E-state index contributed by atoms with van der Waals surface area (Å²) in [5, 5.41) is 12.9. The summed E-state index contributed by atoms with van der Waals surface area (Å²) < 4.78 is 15.6. The van der Waals surface area contributed by atoms with Crippen molar-refractivity contribution >= 4 is 11.9 Å². The minimum atomic E-state index is -1.41. The highest BCUT2D eigenvalue weighted by Crippen LogP contribution is 2.14. The predicted octanol–water partition coefficient (Wildman–Crippen LogP) is 3.09. The number of benzene rings is 1. The van der Waals surface area contributed by atoms with Gasteiger partial charge in [0.05, 0.1) is 33.0 Å². The van der Waals surface area contributed by atoms with Crippen LogP contribution in [-0.4, -0.2) is 56.1 Å². The van der Waals surface area contributed by atoms with E-state index < -0.39 is 18.1 Å². The molecule has 0 saturated carbocycles. The largest absolute Gasteiger partial charge is 0.467 e. The molecule has 7 nitrogen and oxygen atoms in total. The molecule has 1 aromatic carbocycles. The van der Waals surface area contributed by atoms with E-state index in [0.717, 1.165) is 12.0 Å². The van der Waals surface area contributed by atoms with Crippen LogP contribution in [0.15, 0.2) is 24.3 Å². The van der Waals surface area contributed by atoms with Crippen LogP contribution in [0.25, 0.3) is 0 Å². The summed E-state index contributed by atoms with van der Waals surface area (Å²) in [6.45, 7) is 9.80. The number of carbonyl (C=O) groups excluding carboxylic acids is 2. The van der Waals surface area contributed by atoms with Crippen LogP contribution in [0, 0.1) is 0 Å². The molecule has 1 heterocycles. The van der Waals surface area contributed by atoms with Crippen molar-refractivity contribution in [1.29, 1.82) is 0 Å². The second kappa shape index (κ2) is 16.9. The van der Waals surface area contributed by atoms with E-state index in [1.165, 1.54) is 7.11 Å². The van der Waals surface area contributed by atoms with Crippen molar-refractivity contribution in [2.45, 2.75) is 65.7 Å². The van der Waals surface area contributed by atoms with E-state index in [4.69, 9.17) is 9.47 Å². The Morgan fingerprint density at radius 3 is 2.45 bits per heavy atom. The minimum absolute atomic E-state index is 0.289. The fourth-order valence-corrected chi connectivity index (χ4v) is 2.68. The summed E-state index contributed by atoms with van der Waals surface area (Å²) in [5.74, 6) is -1.11. The van der Waals surface area contributed by atoms with Crippen LogP contribution >= 0.6 is 0 Å². The average Bonchev–Trinajstić information content (AvgIpc) is 2.78.